The van der Waals surface area contributed by atoms with E-state index in [-0.39, 0.29) is 0 Å². The van der Waals surface area contributed by atoms with E-state index < -0.39 is 0 Å². The molecule has 0 radical (unpaired) electrons. The molecule has 1 N–H and O–H groups in total. The number of aromatic nitrogens is 2. The molecule has 0 aromatic carbocycles. The summed E-state index contributed by atoms with van der Waals surface area (Å²) in [5.41, 5.74) is 0.405. The van der Waals surface area contributed by atoms with Crippen LogP contribution >= 0.6 is 0 Å². The summed E-state index contributed by atoms with van der Waals surface area (Å²) in [5.74, 6) is 2.16. The van der Waals surface area contributed by atoms with Gasteiger partial charge in [0.1, 0.15) is 11.6 Å². The summed E-state index contributed by atoms with van der Waals surface area (Å²) in [6.07, 6.45) is 3.65. The van der Waals surface area contributed by atoms with Gasteiger partial charge in [-0.05, 0) is 31.6 Å². The van der Waals surface area contributed by atoms with Crippen LogP contribution in [0, 0.1) is 12.3 Å². The Morgan fingerprint density at radius 2 is 2.11 bits per heavy atom. The Bertz CT molecular complexity index is 405. The van der Waals surface area contributed by atoms with Crippen LogP contribution in [0.15, 0.2) is 6.07 Å². The van der Waals surface area contributed by atoms with Gasteiger partial charge in [-0.15, -0.1) is 0 Å². The second-order valence-corrected chi connectivity index (χ2v) is 4.94. The van der Waals surface area contributed by atoms with Crippen molar-refractivity contribution in [1.82, 2.24) is 9.97 Å². The average Bonchev–Trinajstić information content (AvgIpc) is 3.14. The molecular formula is C13H21N3O2. The molecule has 0 bridgehead atoms. The van der Waals surface area contributed by atoms with E-state index in [2.05, 4.69) is 15.3 Å². The van der Waals surface area contributed by atoms with E-state index in [9.17, 15) is 0 Å². The van der Waals surface area contributed by atoms with Crippen LogP contribution < -0.4 is 10.1 Å². The second kappa shape index (κ2) is 5.52. The fourth-order valence-corrected chi connectivity index (χ4v) is 2.02. The van der Waals surface area contributed by atoms with Crippen LogP contribution in [0.3, 0.4) is 0 Å². The zero-order valence-electron chi connectivity index (χ0n) is 11.3. The molecule has 1 aliphatic carbocycles. The van der Waals surface area contributed by atoms with E-state index in [1.54, 1.807) is 14.2 Å². The number of nitrogens with zero attached hydrogens (tertiary/aromatic N) is 2. The Morgan fingerprint density at radius 1 is 1.33 bits per heavy atom. The van der Waals surface area contributed by atoms with Gasteiger partial charge in [0.15, 0.2) is 0 Å². The molecule has 0 atom stereocenters. The third-order valence-electron chi connectivity index (χ3n) is 3.46. The third-order valence-corrected chi connectivity index (χ3v) is 3.46. The zero-order valence-corrected chi connectivity index (χ0v) is 11.3. The molecule has 1 heterocycles. The van der Waals surface area contributed by atoms with Crippen LogP contribution in [0.1, 0.15) is 25.1 Å². The van der Waals surface area contributed by atoms with Crippen molar-refractivity contribution < 1.29 is 9.47 Å². The SMILES string of the molecule is COCCC1(CNc2cc(OC)nc(C)n2)CC1. The number of methoxy groups -OCH3 is 2. The maximum Gasteiger partial charge on any atom is 0.218 e. The van der Waals surface area contributed by atoms with Crippen molar-refractivity contribution >= 4 is 5.82 Å². The summed E-state index contributed by atoms with van der Waals surface area (Å²) in [6.45, 7) is 3.63. The normalized spacial score (nSPS) is 16.4. The Labute approximate surface area is 108 Å². The lowest BCUT2D eigenvalue weighted by atomic mass is 10.0. The monoisotopic (exact) mass is 251 g/mol. The minimum absolute atomic E-state index is 0.405. The van der Waals surface area contributed by atoms with Gasteiger partial charge >= 0.3 is 0 Å². The number of hydrogen-bond donors (Lipinski definition) is 1. The van der Waals surface area contributed by atoms with Crippen LogP contribution in [0.25, 0.3) is 0 Å². The fraction of sp³-hybridized carbons (Fsp3) is 0.692. The van der Waals surface area contributed by atoms with Gasteiger partial charge in [0.2, 0.25) is 5.88 Å². The lowest BCUT2D eigenvalue weighted by Crippen LogP contribution is -2.18. The molecule has 1 aromatic rings. The van der Waals surface area contributed by atoms with E-state index >= 15 is 0 Å². The summed E-state index contributed by atoms with van der Waals surface area (Å²) in [5, 5.41) is 3.39. The van der Waals surface area contributed by atoms with Crippen LogP contribution in [0.5, 0.6) is 5.88 Å². The molecule has 18 heavy (non-hydrogen) atoms. The molecule has 1 fully saturated rings. The lowest BCUT2D eigenvalue weighted by molar-refractivity contribution is 0.175. The molecule has 5 heteroatoms. The summed E-state index contributed by atoms with van der Waals surface area (Å²) < 4.78 is 10.3. The van der Waals surface area contributed by atoms with Crippen molar-refractivity contribution in [2.24, 2.45) is 5.41 Å². The van der Waals surface area contributed by atoms with Gasteiger partial charge in [-0.25, -0.2) is 4.98 Å². The summed E-state index contributed by atoms with van der Waals surface area (Å²) in [7, 11) is 3.37. The van der Waals surface area contributed by atoms with Crippen molar-refractivity contribution in [3.8, 4) is 5.88 Å². The maximum atomic E-state index is 5.15. The van der Waals surface area contributed by atoms with Gasteiger partial charge in [-0.3, -0.25) is 0 Å². The highest BCUT2D eigenvalue weighted by molar-refractivity contribution is 5.38. The Balaban J connectivity index is 1.92. The van der Waals surface area contributed by atoms with Crippen molar-refractivity contribution in [1.29, 1.82) is 0 Å². The van der Waals surface area contributed by atoms with Crippen LogP contribution in [0.2, 0.25) is 0 Å². The number of aryl methyl sites for hydroxylation is 1. The van der Waals surface area contributed by atoms with Crippen molar-refractivity contribution in [3.63, 3.8) is 0 Å². The summed E-state index contributed by atoms with van der Waals surface area (Å²) in [4.78, 5) is 8.53. The fourth-order valence-electron chi connectivity index (χ4n) is 2.02. The molecule has 0 unspecified atom stereocenters. The molecule has 0 saturated heterocycles. The van der Waals surface area contributed by atoms with Crippen LogP contribution in [-0.4, -0.2) is 37.3 Å². The van der Waals surface area contributed by atoms with Gasteiger partial charge in [0, 0.05) is 26.3 Å². The van der Waals surface area contributed by atoms with Gasteiger partial charge < -0.3 is 14.8 Å². The van der Waals surface area contributed by atoms with Gasteiger partial charge in [-0.2, -0.15) is 4.98 Å². The maximum absolute atomic E-state index is 5.15. The predicted molar refractivity (Wildman–Crippen MR) is 70.0 cm³/mol. The number of nitrogens with one attached hydrogen (secondary N) is 1. The Kier molecular flexibility index (Phi) is 4.01. The van der Waals surface area contributed by atoms with Crippen molar-refractivity contribution in [2.75, 3.05) is 32.7 Å². The minimum Gasteiger partial charge on any atom is -0.481 e. The lowest BCUT2D eigenvalue weighted by Gasteiger charge is -2.16. The largest absolute Gasteiger partial charge is 0.481 e. The van der Waals surface area contributed by atoms with Crippen LogP contribution in [-0.2, 0) is 4.74 Å². The molecule has 1 aromatic heterocycles. The molecule has 0 spiro atoms. The van der Waals surface area contributed by atoms with E-state index in [1.807, 2.05) is 13.0 Å². The molecule has 1 saturated carbocycles. The first-order valence-electron chi connectivity index (χ1n) is 6.30. The Hall–Kier alpha value is -1.36. The molecule has 1 aliphatic rings. The van der Waals surface area contributed by atoms with Crippen LogP contribution in [0.4, 0.5) is 5.82 Å². The molecule has 5 nitrogen and oxygen atoms in total. The molecule has 100 valence electrons. The third kappa shape index (κ3) is 3.32. The second-order valence-electron chi connectivity index (χ2n) is 4.94. The molecule has 2 rings (SSSR count). The first-order valence-corrected chi connectivity index (χ1v) is 6.30. The number of rotatable bonds is 7. The standard InChI is InChI=1S/C13H21N3O2/c1-10-15-11(8-12(16-10)18-3)14-9-13(4-5-13)6-7-17-2/h8H,4-7,9H2,1-3H3,(H,14,15,16). The minimum atomic E-state index is 0.405. The quantitative estimate of drug-likeness (QED) is 0.803. The van der Waals surface area contributed by atoms with Gasteiger partial charge in [0.25, 0.3) is 0 Å². The van der Waals surface area contributed by atoms with E-state index in [0.29, 0.717) is 11.3 Å². The highest BCUT2D eigenvalue weighted by Crippen LogP contribution is 2.48. The number of anilines is 1. The van der Waals surface area contributed by atoms with Crippen molar-refractivity contribution in [2.45, 2.75) is 26.2 Å². The highest BCUT2D eigenvalue weighted by Gasteiger charge is 2.41. The highest BCUT2D eigenvalue weighted by atomic mass is 16.5. The number of hydrogen-bond acceptors (Lipinski definition) is 5. The van der Waals surface area contributed by atoms with Crippen molar-refractivity contribution in [3.05, 3.63) is 11.9 Å². The summed E-state index contributed by atoms with van der Waals surface area (Å²) >= 11 is 0. The first-order chi connectivity index (χ1) is 8.67. The van der Waals surface area contributed by atoms with E-state index in [4.69, 9.17) is 9.47 Å². The molecule has 0 aliphatic heterocycles. The topological polar surface area (TPSA) is 56.3 Å². The van der Waals surface area contributed by atoms with Gasteiger partial charge in [-0.1, -0.05) is 0 Å². The molecule has 0 amide bonds. The van der Waals surface area contributed by atoms with Gasteiger partial charge in [0.05, 0.1) is 7.11 Å². The molecular weight excluding hydrogens is 230 g/mol. The smallest absolute Gasteiger partial charge is 0.218 e. The predicted octanol–water partition coefficient (Wildman–Crippen LogP) is 2.02. The van der Waals surface area contributed by atoms with E-state index in [0.717, 1.165) is 31.2 Å². The Morgan fingerprint density at radius 3 is 2.72 bits per heavy atom. The van der Waals surface area contributed by atoms with E-state index in [1.165, 1.54) is 12.8 Å². The summed E-state index contributed by atoms with van der Waals surface area (Å²) in [6, 6.07) is 1.83. The number of ether oxygens (including phenoxy) is 2. The average molecular weight is 251 g/mol. The first kappa shape index (κ1) is 13.1. The zero-order chi connectivity index (χ0) is 13.0.